The second-order valence-corrected chi connectivity index (χ2v) is 6.29. The zero-order valence-electron chi connectivity index (χ0n) is 12.3. The minimum absolute atomic E-state index is 0.0215. The lowest BCUT2D eigenvalue weighted by Crippen LogP contribution is -2.41. The Morgan fingerprint density at radius 1 is 1.43 bits per heavy atom. The van der Waals surface area contributed by atoms with Gasteiger partial charge >= 0.3 is 0 Å². The number of rotatable bonds is 4. The van der Waals surface area contributed by atoms with Crippen molar-refractivity contribution in [1.82, 2.24) is 25.1 Å². The van der Waals surface area contributed by atoms with Crippen LogP contribution in [0.4, 0.5) is 0 Å². The van der Waals surface area contributed by atoms with E-state index >= 15 is 0 Å². The summed E-state index contributed by atoms with van der Waals surface area (Å²) in [6.45, 7) is 4.88. The molecule has 0 aromatic carbocycles. The van der Waals surface area contributed by atoms with Gasteiger partial charge in [-0.2, -0.15) is 0 Å². The van der Waals surface area contributed by atoms with Crippen LogP contribution in [0.25, 0.3) is 0 Å². The third kappa shape index (κ3) is 2.83. The van der Waals surface area contributed by atoms with E-state index < -0.39 is 0 Å². The Hall–Kier alpha value is -1.76. The summed E-state index contributed by atoms with van der Waals surface area (Å²) in [7, 11) is 0. The van der Waals surface area contributed by atoms with Crippen LogP contribution in [0, 0.1) is 0 Å². The smallest absolute Gasteiger partial charge is 0.263 e. The average molecular weight is 305 g/mol. The van der Waals surface area contributed by atoms with E-state index in [9.17, 15) is 4.79 Å². The van der Waals surface area contributed by atoms with Gasteiger partial charge in [-0.3, -0.25) is 4.79 Å². The molecule has 0 saturated carbocycles. The van der Waals surface area contributed by atoms with Crippen molar-refractivity contribution in [3.63, 3.8) is 0 Å². The van der Waals surface area contributed by atoms with Crippen molar-refractivity contribution in [3.8, 4) is 0 Å². The Morgan fingerprint density at radius 2 is 2.29 bits per heavy atom. The summed E-state index contributed by atoms with van der Waals surface area (Å²) in [5.74, 6) is 2.00. The first kappa shape index (κ1) is 14.2. The lowest BCUT2D eigenvalue weighted by Gasteiger charge is -2.24. The molecule has 21 heavy (non-hydrogen) atoms. The monoisotopic (exact) mass is 305 g/mol. The van der Waals surface area contributed by atoms with Gasteiger partial charge in [0, 0.05) is 25.4 Å². The molecule has 0 radical (unpaired) electrons. The lowest BCUT2D eigenvalue weighted by atomic mass is 10.1. The van der Waals surface area contributed by atoms with E-state index in [1.165, 1.54) is 11.3 Å². The number of aryl methyl sites for hydroxylation is 3. The highest BCUT2D eigenvalue weighted by molar-refractivity contribution is 7.13. The van der Waals surface area contributed by atoms with Gasteiger partial charge in [-0.1, -0.05) is 13.8 Å². The second kappa shape index (κ2) is 5.93. The summed E-state index contributed by atoms with van der Waals surface area (Å²) in [5.41, 5.74) is 0. The highest BCUT2D eigenvalue weighted by atomic mass is 32.1. The predicted molar refractivity (Wildman–Crippen MR) is 80.5 cm³/mol. The minimum Gasteiger partial charge on any atom is -0.347 e. The Kier molecular flexibility index (Phi) is 4.01. The molecule has 0 spiro atoms. The molecule has 3 rings (SSSR count). The van der Waals surface area contributed by atoms with Gasteiger partial charge in [0.2, 0.25) is 0 Å². The molecule has 1 amide bonds. The predicted octanol–water partition coefficient (Wildman–Crippen LogP) is 1.60. The zero-order valence-corrected chi connectivity index (χ0v) is 13.1. The molecule has 0 aliphatic carbocycles. The van der Waals surface area contributed by atoms with Crippen LogP contribution in [0.15, 0.2) is 6.20 Å². The molecule has 1 aliphatic rings. The largest absolute Gasteiger partial charge is 0.347 e. The summed E-state index contributed by atoms with van der Waals surface area (Å²) < 4.78 is 2.14. The van der Waals surface area contributed by atoms with Crippen LogP contribution in [-0.2, 0) is 25.8 Å². The Morgan fingerprint density at radius 3 is 3.00 bits per heavy atom. The average Bonchev–Trinajstić information content (AvgIpc) is 3.13. The van der Waals surface area contributed by atoms with Gasteiger partial charge in [-0.25, -0.2) is 4.98 Å². The van der Waals surface area contributed by atoms with Crippen LogP contribution in [0.3, 0.4) is 0 Å². The second-order valence-electron chi connectivity index (χ2n) is 5.18. The molecule has 1 N–H and O–H groups in total. The van der Waals surface area contributed by atoms with Gasteiger partial charge in [0.25, 0.3) is 5.91 Å². The topological polar surface area (TPSA) is 72.7 Å². The molecule has 7 heteroatoms. The van der Waals surface area contributed by atoms with Crippen molar-refractivity contribution in [2.45, 2.75) is 52.1 Å². The van der Waals surface area contributed by atoms with E-state index in [1.807, 2.05) is 6.92 Å². The molecule has 2 aromatic heterocycles. The number of hydrogen-bond donors (Lipinski definition) is 1. The fourth-order valence-corrected chi connectivity index (χ4v) is 3.36. The summed E-state index contributed by atoms with van der Waals surface area (Å²) >= 11 is 1.47. The molecule has 0 bridgehead atoms. The third-order valence-electron chi connectivity index (χ3n) is 3.75. The molecule has 112 valence electrons. The van der Waals surface area contributed by atoms with Gasteiger partial charge in [0.05, 0.1) is 11.2 Å². The number of carbonyl (C=O) groups is 1. The van der Waals surface area contributed by atoms with E-state index in [4.69, 9.17) is 0 Å². The lowest BCUT2D eigenvalue weighted by molar-refractivity contribution is 0.0931. The minimum atomic E-state index is -0.0215. The maximum atomic E-state index is 12.3. The molecule has 1 aliphatic heterocycles. The van der Waals surface area contributed by atoms with E-state index in [0.29, 0.717) is 4.88 Å². The fourth-order valence-electron chi connectivity index (χ4n) is 2.60. The van der Waals surface area contributed by atoms with Crippen LogP contribution < -0.4 is 5.32 Å². The molecular formula is C14H19N5OS. The number of fused-ring (bicyclic) bond motifs is 1. The van der Waals surface area contributed by atoms with Crippen molar-refractivity contribution in [2.24, 2.45) is 0 Å². The fraction of sp³-hybridized carbons (Fsp3) is 0.571. The number of aromatic nitrogens is 4. The van der Waals surface area contributed by atoms with Crippen LogP contribution in [-0.4, -0.2) is 31.7 Å². The van der Waals surface area contributed by atoms with Gasteiger partial charge in [0.1, 0.15) is 16.5 Å². The van der Waals surface area contributed by atoms with Gasteiger partial charge in [0.15, 0.2) is 0 Å². The van der Waals surface area contributed by atoms with Crippen molar-refractivity contribution in [3.05, 3.63) is 27.7 Å². The van der Waals surface area contributed by atoms with Crippen LogP contribution in [0.2, 0.25) is 0 Å². The SMILES string of the molecule is CCc1ncc(C(=O)N[C@@H]2CCc3nnc(CC)n3C2)s1. The van der Waals surface area contributed by atoms with Crippen LogP contribution in [0.1, 0.15) is 46.6 Å². The van der Waals surface area contributed by atoms with Crippen LogP contribution >= 0.6 is 11.3 Å². The number of hydrogen-bond acceptors (Lipinski definition) is 5. The molecule has 0 saturated heterocycles. The summed E-state index contributed by atoms with van der Waals surface area (Å²) in [6, 6.07) is 0.137. The van der Waals surface area contributed by atoms with Gasteiger partial charge in [-0.15, -0.1) is 21.5 Å². The third-order valence-corrected chi connectivity index (χ3v) is 4.90. The quantitative estimate of drug-likeness (QED) is 0.931. The Balaban J connectivity index is 1.67. The van der Waals surface area contributed by atoms with Crippen molar-refractivity contribution >= 4 is 17.2 Å². The van der Waals surface area contributed by atoms with Crippen molar-refractivity contribution in [2.75, 3.05) is 0 Å². The van der Waals surface area contributed by atoms with E-state index in [-0.39, 0.29) is 11.9 Å². The molecular weight excluding hydrogens is 286 g/mol. The van der Waals surface area contributed by atoms with Gasteiger partial charge < -0.3 is 9.88 Å². The summed E-state index contributed by atoms with van der Waals surface area (Å²) in [4.78, 5) is 17.2. The first-order chi connectivity index (χ1) is 10.2. The molecule has 1 atom stereocenters. The van der Waals surface area contributed by atoms with E-state index in [2.05, 4.69) is 32.0 Å². The van der Waals surface area contributed by atoms with E-state index in [0.717, 1.165) is 48.9 Å². The zero-order chi connectivity index (χ0) is 14.8. The first-order valence-electron chi connectivity index (χ1n) is 7.37. The number of thiazole rings is 1. The number of nitrogens with zero attached hydrogens (tertiary/aromatic N) is 4. The molecule has 2 aromatic rings. The van der Waals surface area contributed by atoms with Gasteiger partial charge in [-0.05, 0) is 12.8 Å². The van der Waals surface area contributed by atoms with Crippen molar-refractivity contribution < 1.29 is 4.79 Å². The standard InChI is InChI=1S/C14H19N5OS/c1-3-11-17-18-12-6-5-9(8-19(11)12)16-14(20)10-7-15-13(4-2)21-10/h7,9H,3-6,8H2,1-2H3,(H,16,20)/t9-/m1/s1. The maximum absolute atomic E-state index is 12.3. The molecule has 0 fully saturated rings. The Labute approximate surface area is 127 Å². The molecule has 6 nitrogen and oxygen atoms in total. The summed E-state index contributed by atoms with van der Waals surface area (Å²) in [6.07, 6.45) is 5.17. The summed E-state index contributed by atoms with van der Waals surface area (Å²) in [5, 5.41) is 12.5. The number of carbonyl (C=O) groups excluding carboxylic acids is 1. The maximum Gasteiger partial charge on any atom is 0.263 e. The highest BCUT2D eigenvalue weighted by Gasteiger charge is 2.24. The molecule has 0 unspecified atom stereocenters. The first-order valence-corrected chi connectivity index (χ1v) is 8.19. The number of nitrogens with one attached hydrogen (secondary N) is 1. The van der Waals surface area contributed by atoms with Crippen molar-refractivity contribution in [1.29, 1.82) is 0 Å². The molecule has 3 heterocycles. The van der Waals surface area contributed by atoms with Crippen LogP contribution in [0.5, 0.6) is 0 Å². The normalized spacial score (nSPS) is 17.5. The van der Waals surface area contributed by atoms with E-state index in [1.54, 1.807) is 6.20 Å². The Bertz CT molecular complexity index is 634. The highest BCUT2D eigenvalue weighted by Crippen LogP contribution is 2.17. The number of amides is 1.